The number of aromatic nitrogens is 2. The van der Waals surface area contributed by atoms with Gasteiger partial charge in [-0.1, -0.05) is 0 Å². The van der Waals surface area contributed by atoms with Gasteiger partial charge in [-0.3, -0.25) is 44.3 Å². The Kier molecular flexibility index (Phi) is 12.0. The van der Waals surface area contributed by atoms with Crippen molar-refractivity contribution in [1.82, 2.24) is 40.8 Å². The Balaban J connectivity index is 0.931. The largest absolute Gasteiger partial charge is 0.385 e. The molecule has 6 heterocycles. The van der Waals surface area contributed by atoms with Crippen LogP contribution in [0.3, 0.4) is 0 Å². The lowest BCUT2D eigenvalue weighted by atomic mass is 9.92. The molecule has 1 unspecified atom stereocenters. The van der Waals surface area contributed by atoms with Crippen molar-refractivity contribution < 1.29 is 42.3 Å². The summed E-state index contributed by atoms with van der Waals surface area (Å²) >= 11 is 0. The number of halogens is 2. The number of hydrogen-bond donors (Lipinski definition) is 6. The summed E-state index contributed by atoms with van der Waals surface area (Å²) in [5.41, 5.74) is 3.88. The van der Waals surface area contributed by atoms with Gasteiger partial charge in [0, 0.05) is 92.2 Å². The summed E-state index contributed by atoms with van der Waals surface area (Å²) in [6.45, 7) is 2.09. The molecule has 3 aromatic rings. The summed E-state index contributed by atoms with van der Waals surface area (Å²) < 4.78 is 36.7. The highest BCUT2D eigenvalue weighted by Crippen LogP contribution is 2.40. The number of carbonyl (C=O) groups is 6. The van der Waals surface area contributed by atoms with Crippen LogP contribution in [0.5, 0.6) is 0 Å². The average molecular weight is 856 g/mol. The van der Waals surface area contributed by atoms with E-state index in [2.05, 4.69) is 31.7 Å². The van der Waals surface area contributed by atoms with Crippen LogP contribution >= 0.6 is 0 Å². The minimum atomic E-state index is -2.86. The molecule has 7 amide bonds. The summed E-state index contributed by atoms with van der Waals surface area (Å²) in [5.74, 6) is -2.75. The quantitative estimate of drug-likeness (QED) is 0.0713. The number of anilines is 2. The molecule has 62 heavy (non-hydrogen) atoms. The second kappa shape index (κ2) is 17.7. The van der Waals surface area contributed by atoms with Crippen molar-refractivity contribution in [3.63, 3.8) is 0 Å². The van der Waals surface area contributed by atoms with Gasteiger partial charge >= 0.3 is 6.03 Å². The zero-order chi connectivity index (χ0) is 43.7. The summed E-state index contributed by atoms with van der Waals surface area (Å²) in [5, 5.41) is 27.9. The van der Waals surface area contributed by atoms with Crippen LogP contribution in [-0.2, 0) is 32.1 Å². The number of rotatable bonds is 11. The molecule has 2 saturated heterocycles. The van der Waals surface area contributed by atoms with Gasteiger partial charge < -0.3 is 35.8 Å². The van der Waals surface area contributed by atoms with Gasteiger partial charge in [0.05, 0.1) is 30.5 Å². The van der Waals surface area contributed by atoms with Crippen molar-refractivity contribution in [3.05, 3.63) is 76.2 Å². The molecule has 1 atom stereocenters. The number of benzene rings is 2. The fourth-order valence-electron chi connectivity index (χ4n) is 8.65. The molecule has 2 fully saturated rings. The maximum Gasteiger partial charge on any atom is 0.317 e. The lowest BCUT2D eigenvalue weighted by molar-refractivity contribution is -0.136. The highest BCUT2D eigenvalue weighted by Gasteiger charge is 2.44. The van der Waals surface area contributed by atoms with Gasteiger partial charge in [0.15, 0.2) is 0 Å². The molecule has 5 aliphatic rings. The summed E-state index contributed by atoms with van der Waals surface area (Å²) in [6.07, 6.45) is 3.56. The molecule has 326 valence electrons. The first-order chi connectivity index (χ1) is 29.9. The number of nitrogens with one attached hydrogen (secondary N) is 6. The van der Waals surface area contributed by atoms with Gasteiger partial charge in [-0.15, -0.1) is 0 Å². The molecule has 6 N–H and O–H groups in total. The number of piperidine rings is 1. The number of aryl methyl sites for hydroxylation is 1. The lowest BCUT2D eigenvalue weighted by Crippen LogP contribution is -2.54. The van der Waals surface area contributed by atoms with Gasteiger partial charge in [-0.25, -0.2) is 13.6 Å². The zero-order valence-electron chi connectivity index (χ0n) is 34.0. The first kappa shape index (κ1) is 42.0. The molecule has 1 aromatic heterocycles. The smallest absolute Gasteiger partial charge is 0.317 e. The van der Waals surface area contributed by atoms with Crippen LogP contribution in [0.25, 0.3) is 11.1 Å². The number of nitrogens with zero attached hydrogens (tertiary/aromatic N) is 5. The van der Waals surface area contributed by atoms with Crippen LogP contribution in [0.1, 0.15) is 76.8 Å². The number of ether oxygens (including phenoxy) is 1. The van der Waals surface area contributed by atoms with Crippen molar-refractivity contribution in [3.8, 4) is 11.1 Å². The van der Waals surface area contributed by atoms with E-state index in [1.165, 1.54) is 35.3 Å². The molecule has 0 saturated carbocycles. The van der Waals surface area contributed by atoms with Crippen LogP contribution < -0.4 is 31.5 Å². The molecule has 0 radical (unpaired) electrons. The van der Waals surface area contributed by atoms with Crippen LogP contribution in [0.15, 0.2) is 54.0 Å². The highest BCUT2D eigenvalue weighted by atomic mass is 19.3. The highest BCUT2D eigenvalue weighted by molar-refractivity contribution is 6.23. The molecular formula is C42H47F2N11O7. The van der Waals surface area contributed by atoms with Crippen molar-refractivity contribution in [2.45, 2.75) is 70.0 Å². The van der Waals surface area contributed by atoms with Gasteiger partial charge in [-0.2, -0.15) is 5.10 Å². The van der Waals surface area contributed by atoms with E-state index in [0.717, 1.165) is 29.0 Å². The van der Waals surface area contributed by atoms with E-state index in [9.17, 15) is 43.0 Å². The summed E-state index contributed by atoms with van der Waals surface area (Å²) in [7, 11) is 1.56. The Hall–Kier alpha value is -6.70. The molecule has 0 bridgehead atoms. The van der Waals surface area contributed by atoms with Crippen molar-refractivity contribution in [2.24, 2.45) is 0 Å². The predicted molar refractivity (Wildman–Crippen MR) is 220 cm³/mol. The van der Waals surface area contributed by atoms with Crippen molar-refractivity contribution in [2.75, 3.05) is 56.8 Å². The standard InChI is InChI=1S/C42H47F2N11O7/c1-46-42(61)52-12-8-32(50-25-9-13-62-14-10-25)31(20-52)38(45)54-11-2-3-23-15-28(29(37(43)44)17-34(23)54)24-18-49-53(19-24)21-36(57)48-22-47-26-4-5-27-30(16-26)41(60)55(40(27)59)33-6-7-35(56)51-39(33)58/h4-5,15-19,25,33,37,45,47,50H,2-3,6-14,20-22H2,1H3,(H,46,61)(H,48,57)(H,51,56,58). The van der Waals surface area contributed by atoms with E-state index >= 15 is 0 Å². The number of amidine groups is 1. The van der Waals surface area contributed by atoms with Gasteiger partial charge in [0.1, 0.15) is 18.4 Å². The minimum absolute atomic E-state index is 0.00567. The molecule has 8 rings (SSSR count). The SMILES string of the molecule is CNC(=O)N1CCC(NC2CCOCC2)=C(C(=N)N2CCCc3cc(-c4cnn(CC(=O)NCNc5ccc6c(c5)C(=O)N(C5CCC(=O)NC5=O)C6=O)c4)c(C(F)F)cc32)C1. The fraction of sp³-hybridized carbons (Fsp3) is 0.429. The second-order valence-corrected chi connectivity index (χ2v) is 15.8. The third-order valence-corrected chi connectivity index (χ3v) is 11.9. The van der Waals surface area contributed by atoms with Crippen molar-refractivity contribution >= 4 is 52.8 Å². The average Bonchev–Trinajstić information content (AvgIpc) is 3.83. The van der Waals surface area contributed by atoms with Gasteiger partial charge in [-0.05, 0) is 73.6 Å². The molecule has 20 heteroatoms. The number of imide groups is 2. The third-order valence-electron chi connectivity index (χ3n) is 11.9. The van der Waals surface area contributed by atoms with Gasteiger partial charge in [0.2, 0.25) is 17.7 Å². The molecule has 18 nitrogen and oxygen atoms in total. The first-order valence-corrected chi connectivity index (χ1v) is 20.6. The monoisotopic (exact) mass is 855 g/mol. The molecule has 0 spiro atoms. The lowest BCUT2D eigenvalue weighted by Gasteiger charge is -2.38. The first-order valence-electron chi connectivity index (χ1n) is 20.6. The van der Waals surface area contributed by atoms with E-state index in [0.29, 0.717) is 68.1 Å². The number of fused-ring (bicyclic) bond motifs is 2. The molecule has 2 aromatic carbocycles. The zero-order valence-corrected chi connectivity index (χ0v) is 34.0. The van der Waals surface area contributed by atoms with Gasteiger partial charge in [0.25, 0.3) is 18.2 Å². The van der Waals surface area contributed by atoms with E-state index in [4.69, 9.17) is 4.74 Å². The van der Waals surface area contributed by atoms with E-state index < -0.39 is 42.0 Å². The Morgan fingerprint density at radius 2 is 1.77 bits per heavy atom. The maximum absolute atomic E-state index is 14.9. The normalized spacial score (nSPS) is 19.4. The Labute approximate surface area is 354 Å². The topological polar surface area (TPSA) is 223 Å². The van der Waals surface area contributed by atoms with Crippen LogP contribution in [0.4, 0.5) is 25.0 Å². The number of urea groups is 1. The Morgan fingerprint density at radius 3 is 2.53 bits per heavy atom. The van der Waals surface area contributed by atoms with E-state index in [1.54, 1.807) is 29.0 Å². The second-order valence-electron chi connectivity index (χ2n) is 15.8. The maximum atomic E-state index is 14.9. The molecule has 0 aliphatic carbocycles. The van der Waals surface area contributed by atoms with Crippen LogP contribution in [0, 0.1) is 5.41 Å². The van der Waals surface area contributed by atoms with E-state index in [-0.39, 0.29) is 72.8 Å². The predicted octanol–water partition coefficient (Wildman–Crippen LogP) is 2.87. The number of alkyl halides is 2. The van der Waals surface area contributed by atoms with Crippen LogP contribution in [-0.4, -0.2) is 120 Å². The number of hydrogen-bond acceptors (Lipinski definition) is 11. The Morgan fingerprint density at radius 1 is 0.984 bits per heavy atom. The minimum Gasteiger partial charge on any atom is -0.385 e. The molecule has 5 aliphatic heterocycles. The number of carbonyl (C=O) groups excluding carboxylic acids is 6. The Bertz CT molecular complexity index is 2380. The van der Waals surface area contributed by atoms with Crippen LogP contribution in [0.2, 0.25) is 0 Å². The molecular weight excluding hydrogens is 809 g/mol. The number of amides is 7. The van der Waals surface area contributed by atoms with Crippen molar-refractivity contribution in [1.29, 1.82) is 5.41 Å². The summed E-state index contributed by atoms with van der Waals surface area (Å²) in [4.78, 5) is 80.0. The summed E-state index contributed by atoms with van der Waals surface area (Å²) in [6, 6.07) is 6.44. The fourth-order valence-corrected chi connectivity index (χ4v) is 8.65. The van der Waals surface area contributed by atoms with E-state index in [1.807, 2.05) is 0 Å². The third kappa shape index (κ3) is 8.46.